The molecule has 8 nitrogen and oxygen atoms in total. The summed E-state index contributed by atoms with van der Waals surface area (Å²) in [5, 5.41) is 26.6. The van der Waals surface area contributed by atoms with E-state index in [9.17, 15) is 15.0 Å². The van der Waals surface area contributed by atoms with Gasteiger partial charge in [0.15, 0.2) is 5.60 Å². The number of likely N-dealkylation sites (tertiary alicyclic amines) is 1. The van der Waals surface area contributed by atoms with E-state index in [4.69, 9.17) is 4.98 Å². The van der Waals surface area contributed by atoms with E-state index < -0.39 is 11.2 Å². The van der Waals surface area contributed by atoms with Gasteiger partial charge in [-0.05, 0) is 38.0 Å². The molecule has 32 heavy (non-hydrogen) atoms. The zero-order chi connectivity index (χ0) is 22.9. The SMILES string of the molecule is CN1CCC(O)(c2cccc(-c3nc(-c4ccnc(NCCC(C)(C)O)n4)cs3)c2)C1=O. The number of nitrogens with one attached hydrogen (secondary N) is 1. The van der Waals surface area contributed by atoms with Crippen LogP contribution in [-0.2, 0) is 10.4 Å². The summed E-state index contributed by atoms with van der Waals surface area (Å²) >= 11 is 1.47. The van der Waals surface area contributed by atoms with E-state index in [1.807, 2.05) is 23.6 Å². The number of thiazole rings is 1. The first kappa shape index (κ1) is 22.3. The van der Waals surface area contributed by atoms with E-state index in [-0.39, 0.29) is 5.91 Å². The van der Waals surface area contributed by atoms with Gasteiger partial charge in [-0.2, -0.15) is 0 Å². The van der Waals surface area contributed by atoms with Gasteiger partial charge in [0, 0.05) is 43.7 Å². The lowest BCUT2D eigenvalue weighted by atomic mass is 9.91. The zero-order valence-electron chi connectivity index (χ0n) is 18.4. The molecule has 0 aliphatic carbocycles. The Morgan fingerprint density at radius 3 is 2.78 bits per heavy atom. The molecule has 0 radical (unpaired) electrons. The van der Waals surface area contributed by atoms with Crippen LogP contribution in [0.5, 0.6) is 0 Å². The summed E-state index contributed by atoms with van der Waals surface area (Å²) in [7, 11) is 1.70. The zero-order valence-corrected chi connectivity index (χ0v) is 19.2. The van der Waals surface area contributed by atoms with E-state index in [2.05, 4.69) is 15.3 Å². The minimum absolute atomic E-state index is 0.278. The highest BCUT2D eigenvalue weighted by molar-refractivity contribution is 7.13. The second-order valence-corrected chi connectivity index (χ2v) is 9.57. The highest BCUT2D eigenvalue weighted by atomic mass is 32.1. The number of carbonyl (C=O) groups excluding carboxylic acids is 1. The molecular formula is C23H27N5O3S. The van der Waals surface area contributed by atoms with E-state index >= 15 is 0 Å². The van der Waals surface area contributed by atoms with Crippen LogP contribution < -0.4 is 5.32 Å². The van der Waals surface area contributed by atoms with Gasteiger partial charge in [-0.3, -0.25) is 4.79 Å². The maximum Gasteiger partial charge on any atom is 0.258 e. The fraction of sp³-hybridized carbons (Fsp3) is 0.391. The van der Waals surface area contributed by atoms with Gasteiger partial charge in [0.25, 0.3) is 5.91 Å². The molecule has 3 aromatic rings. The smallest absolute Gasteiger partial charge is 0.258 e. The van der Waals surface area contributed by atoms with Crippen LogP contribution in [0.1, 0.15) is 32.3 Å². The summed E-state index contributed by atoms with van der Waals surface area (Å²) in [5.74, 6) is 0.203. The minimum atomic E-state index is -1.48. The molecule has 1 unspecified atom stereocenters. The molecule has 1 fully saturated rings. The monoisotopic (exact) mass is 453 g/mol. The van der Waals surface area contributed by atoms with Gasteiger partial charge in [-0.1, -0.05) is 18.2 Å². The molecule has 1 aliphatic rings. The maximum absolute atomic E-state index is 12.5. The Labute approximate surface area is 191 Å². The lowest BCUT2D eigenvalue weighted by molar-refractivity contribution is -0.143. The van der Waals surface area contributed by atoms with Crippen molar-refractivity contribution in [2.24, 2.45) is 0 Å². The fourth-order valence-corrected chi connectivity index (χ4v) is 4.43. The number of carbonyl (C=O) groups is 1. The number of likely N-dealkylation sites (N-methyl/N-ethyl adjacent to an activating group) is 1. The molecule has 1 aromatic carbocycles. The normalized spacial score (nSPS) is 18.9. The van der Waals surface area contributed by atoms with Crippen LogP contribution in [0.3, 0.4) is 0 Å². The molecular weight excluding hydrogens is 426 g/mol. The van der Waals surface area contributed by atoms with Gasteiger partial charge in [0.2, 0.25) is 5.95 Å². The van der Waals surface area contributed by atoms with E-state index in [0.29, 0.717) is 43.1 Å². The van der Waals surface area contributed by atoms with Gasteiger partial charge in [0.1, 0.15) is 10.7 Å². The van der Waals surface area contributed by atoms with Gasteiger partial charge < -0.3 is 20.4 Å². The van der Waals surface area contributed by atoms with Crippen molar-refractivity contribution in [1.82, 2.24) is 19.9 Å². The number of aliphatic hydroxyl groups is 2. The molecule has 0 spiro atoms. The summed E-state index contributed by atoms with van der Waals surface area (Å²) in [6.07, 6.45) is 2.62. The third kappa shape index (κ3) is 4.64. The lowest BCUT2D eigenvalue weighted by Crippen LogP contribution is -2.36. The van der Waals surface area contributed by atoms with Crippen molar-refractivity contribution in [1.29, 1.82) is 0 Å². The van der Waals surface area contributed by atoms with Crippen LogP contribution >= 0.6 is 11.3 Å². The van der Waals surface area contributed by atoms with E-state index in [1.165, 1.54) is 11.3 Å². The van der Waals surface area contributed by atoms with Crippen LogP contribution in [0.25, 0.3) is 22.0 Å². The Hall–Kier alpha value is -2.88. The quantitative estimate of drug-likeness (QED) is 0.504. The largest absolute Gasteiger partial charge is 0.390 e. The molecule has 168 valence electrons. The van der Waals surface area contributed by atoms with Crippen molar-refractivity contribution in [3.05, 3.63) is 47.5 Å². The molecule has 0 saturated carbocycles. The first-order valence-corrected chi connectivity index (χ1v) is 11.4. The number of benzene rings is 1. The number of hydrogen-bond donors (Lipinski definition) is 3. The Morgan fingerprint density at radius 2 is 2.06 bits per heavy atom. The first-order valence-electron chi connectivity index (χ1n) is 10.5. The molecule has 1 amide bonds. The summed E-state index contributed by atoms with van der Waals surface area (Å²) < 4.78 is 0. The Morgan fingerprint density at radius 1 is 1.25 bits per heavy atom. The van der Waals surface area contributed by atoms with Crippen LogP contribution in [0.4, 0.5) is 5.95 Å². The number of rotatable bonds is 7. The number of anilines is 1. The van der Waals surface area contributed by atoms with Gasteiger partial charge >= 0.3 is 0 Å². The number of amides is 1. The summed E-state index contributed by atoms with van der Waals surface area (Å²) in [5.41, 5.74) is 0.596. The molecule has 1 saturated heterocycles. The van der Waals surface area contributed by atoms with Crippen LogP contribution in [0, 0.1) is 0 Å². The third-order valence-corrected chi connectivity index (χ3v) is 6.43. The summed E-state index contributed by atoms with van der Waals surface area (Å²) in [4.78, 5) is 27.5. The van der Waals surface area contributed by atoms with Gasteiger partial charge in [0.05, 0.1) is 11.3 Å². The topological polar surface area (TPSA) is 111 Å². The van der Waals surface area contributed by atoms with Gasteiger partial charge in [-0.25, -0.2) is 15.0 Å². The molecule has 3 N–H and O–H groups in total. The molecule has 4 rings (SSSR count). The molecule has 0 bridgehead atoms. The highest BCUT2D eigenvalue weighted by Gasteiger charge is 2.45. The Kier molecular flexibility index (Phi) is 5.98. The average molecular weight is 454 g/mol. The van der Waals surface area contributed by atoms with Crippen molar-refractivity contribution >= 4 is 23.2 Å². The standard InChI is InChI=1S/C23H27N5O3S/c1-22(2,30)8-11-25-21-24-10-7-17(27-21)18-14-32-19(26-18)15-5-4-6-16(13-15)23(31)9-12-28(3)20(23)29/h4-7,10,13-14,30-31H,8-9,11-12H2,1-3H3,(H,24,25,27). The van der Waals surface area contributed by atoms with Crippen LogP contribution in [-0.4, -0.2) is 61.7 Å². The van der Waals surface area contributed by atoms with Crippen LogP contribution in [0.2, 0.25) is 0 Å². The van der Waals surface area contributed by atoms with E-state index in [0.717, 1.165) is 16.3 Å². The molecule has 9 heteroatoms. The highest BCUT2D eigenvalue weighted by Crippen LogP contribution is 2.36. The maximum atomic E-state index is 12.5. The summed E-state index contributed by atoms with van der Waals surface area (Å²) in [6, 6.07) is 9.17. The molecule has 1 atom stereocenters. The molecule has 3 heterocycles. The van der Waals surface area contributed by atoms with Crippen molar-refractivity contribution in [3.8, 4) is 22.0 Å². The molecule has 1 aliphatic heterocycles. The van der Waals surface area contributed by atoms with Gasteiger partial charge in [-0.15, -0.1) is 11.3 Å². The first-order chi connectivity index (χ1) is 15.2. The van der Waals surface area contributed by atoms with Crippen LogP contribution in [0.15, 0.2) is 41.9 Å². The summed E-state index contributed by atoms with van der Waals surface area (Å²) in [6.45, 7) is 4.61. The predicted octanol–water partition coefficient (Wildman–Crippen LogP) is 2.89. The van der Waals surface area contributed by atoms with Crippen molar-refractivity contribution < 1.29 is 15.0 Å². The minimum Gasteiger partial charge on any atom is -0.390 e. The van der Waals surface area contributed by atoms with Crippen molar-refractivity contribution in [2.75, 3.05) is 25.5 Å². The second-order valence-electron chi connectivity index (χ2n) is 8.71. The fourth-order valence-electron chi connectivity index (χ4n) is 3.62. The average Bonchev–Trinajstić information content (AvgIpc) is 3.35. The second kappa shape index (κ2) is 8.57. The Balaban J connectivity index is 1.54. The van der Waals surface area contributed by atoms with Crippen molar-refractivity contribution in [2.45, 2.75) is 37.9 Å². The number of aromatic nitrogens is 3. The lowest BCUT2D eigenvalue weighted by Gasteiger charge is -2.21. The van der Waals surface area contributed by atoms with E-state index in [1.54, 1.807) is 44.1 Å². The molecule has 2 aromatic heterocycles. The Bertz CT molecular complexity index is 1130. The third-order valence-electron chi connectivity index (χ3n) is 5.54. The number of hydrogen-bond acceptors (Lipinski definition) is 8. The van der Waals surface area contributed by atoms with Crippen molar-refractivity contribution in [3.63, 3.8) is 0 Å². The predicted molar refractivity (Wildman–Crippen MR) is 124 cm³/mol. The number of nitrogens with zero attached hydrogens (tertiary/aromatic N) is 4.